The van der Waals surface area contributed by atoms with E-state index in [4.69, 9.17) is 9.15 Å². The van der Waals surface area contributed by atoms with E-state index >= 15 is 0 Å². The zero-order chi connectivity index (χ0) is 23.5. The average Bonchev–Trinajstić information content (AvgIpc) is 3.20. The molecule has 170 valence electrons. The van der Waals surface area contributed by atoms with E-state index in [1.807, 2.05) is 31.2 Å². The fourth-order valence-corrected chi connectivity index (χ4v) is 3.84. The predicted octanol–water partition coefficient (Wildman–Crippen LogP) is 3.42. The third kappa shape index (κ3) is 4.74. The molecule has 0 aliphatic rings. The van der Waals surface area contributed by atoms with E-state index in [9.17, 15) is 19.5 Å². The molecule has 0 fully saturated rings. The lowest BCUT2D eigenvalue weighted by Crippen LogP contribution is -2.47. The quantitative estimate of drug-likeness (QED) is 0.355. The molecule has 0 saturated carbocycles. The van der Waals surface area contributed by atoms with Crippen LogP contribution in [0.25, 0.3) is 21.9 Å². The van der Waals surface area contributed by atoms with Gasteiger partial charge in [0.2, 0.25) is 0 Å². The molecule has 8 heteroatoms. The first-order valence-corrected chi connectivity index (χ1v) is 10.7. The smallest absolute Gasteiger partial charge is 0.336 e. The van der Waals surface area contributed by atoms with Crippen LogP contribution >= 0.6 is 0 Å². The van der Waals surface area contributed by atoms with E-state index in [2.05, 4.69) is 10.3 Å². The molecule has 0 aliphatic carbocycles. The molecule has 2 aromatic heterocycles. The summed E-state index contributed by atoms with van der Waals surface area (Å²) in [5, 5.41) is 13.9. The molecule has 0 unspecified atom stereocenters. The topological polar surface area (TPSA) is 122 Å². The van der Waals surface area contributed by atoms with Crippen LogP contribution in [-0.4, -0.2) is 34.1 Å². The first-order chi connectivity index (χ1) is 15.9. The van der Waals surface area contributed by atoms with Gasteiger partial charge in [0.15, 0.2) is 6.10 Å². The first-order valence-electron chi connectivity index (χ1n) is 10.7. The Balaban J connectivity index is 1.47. The van der Waals surface area contributed by atoms with Gasteiger partial charge in [-0.2, -0.15) is 0 Å². The number of nitrogens with one attached hydrogen (secondary N) is 2. The molecule has 33 heavy (non-hydrogen) atoms. The van der Waals surface area contributed by atoms with Crippen LogP contribution in [-0.2, 0) is 22.4 Å². The summed E-state index contributed by atoms with van der Waals surface area (Å²) in [7, 11) is 0. The summed E-state index contributed by atoms with van der Waals surface area (Å²) in [6.07, 6.45) is 1.58. The number of carboxylic acids is 1. The molecule has 0 aliphatic heterocycles. The SMILES string of the molecule is CCc1cc(=O)oc2cc(O[C@H](C)C(=O)N[C@@H](Cc3c[nH]c4ccccc34)C(=O)O)ccc12. The van der Waals surface area contributed by atoms with Crippen molar-refractivity contribution >= 4 is 33.7 Å². The number of aliphatic carboxylic acids is 1. The Hall–Kier alpha value is -4.07. The zero-order valence-electron chi connectivity index (χ0n) is 18.3. The molecule has 2 atom stereocenters. The minimum absolute atomic E-state index is 0.124. The maximum atomic E-state index is 12.7. The second-order valence-electron chi connectivity index (χ2n) is 7.83. The molecule has 1 amide bonds. The van der Waals surface area contributed by atoms with Gasteiger partial charge >= 0.3 is 11.6 Å². The normalized spacial score (nSPS) is 13.0. The number of hydrogen-bond acceptors (Lipinski definition) is 5. The highest BCUT2D eigenvalue weighted by atomic mass is 16.5. The van der Waals surface area contributed by atoms with Gasteiger partial charge in [0.05, 0.1) is 0 Å². The molecule has 2 aromatic carbocycles. The van der Waals surface area contributed by atoms with Crippen molar-refractivity contribution in [3.05, 3.63) is 76.3 Å². The molecule has 4 rings (SSSR count). The number of aromatic nitrogens is 1. The summed E-state index contributed by atoms with van der Waals surface area (Å²) in [5.74, 6) is -1.36. The maximum Gasteiger partial charge on any atom is 0.336 e. The molecular formula is C25H24N2O6. The van der Waals surface area contributed by atoms with Gasteiger partial charge in [-0.25, -0.2) is 9.59 Å². The molecular weight excluding hydrogens is 424 g/mol. The van der Waals surface area contributed by atoms with Gasteiger partial charge in [-0.05, 0) is 42.7 Å². The minimum Gasteiger partial charge on any atom is -0.481 e. The van der Waals surface area contributed by atoms with Crippen molar-refractivity contribution in [2.45, 2.75) is 38.8 Å². The van der Waals surface area contributed by atoms with Crippen molar-refractivity contribution < 1.29 is 23.8 Å². The Morgan fingerprint density at radius 2 is 1.91 bits per heavy atom. The third-order valence-electron chi connectivity index (χ3n) is 5.58. The predicted molar refractivity (Wildman–Crippen MR) is 124 cm³/mol. The van der Waals surface area contributed by atoms with Gasteiger partial charge in [-0.15, -0.1) is 0 Å². The monoisotopic (exact) mass is 448 g/mol. The molecule has 8 nitrogen and oxygen atoms in total. The molecule has 3 N–H and O–H groups in total. The van der Waals surface area contributed by atoms with Crippen LogP contribution in [0.15, 0.2) is 63.9 Å². The number of aryl methyl sites for hydroxylation is 1. The number of hydrogen-bond donors (Lipinski definition) is 3. The Bertz CT molecular complexity index is 1390. The van der Waals surface area contributed by atoms with Gasteiger partial charge in [0, 0.05) is 41.0 Å². The summed E-state index contributed by atoms with van der Waals surface area (Å²) in [6.45, 7) is 3.48. The van der Waals surface area contributed by atoms with E-state index in [0.717, 1.165) is 27.4 Å². The van der Waals surface area contributed by atoms with E-state index < -0.39 is 29.6 Å². The number of carbonyl (C=O) groups excluding carboxylic acids is 1. The molecule has 0 bridgehead atoms. The van der Waals surface area contributed by atoms with Crippen LogP contribution in [0.4, 0.5) is 0 Å². The number of para-hydroxylation sites is 1. The fraction of sp³-hybridized carbons (Fsp3) is 0.240. The van der Waals surface area contributed by atoms with Crippen LogP contribution in [0, 0.1) is 0 Å². The van der Waals surface area contributed by atoms with Crippen LogP contribution in [0.2, 0.25) is 0 Å². The number of amides is 1. The summed E-state index contributed by atoms with van der Waals surface area (Å²) in [4.78, 5) is 39.4. The minimum atomic E-state index is -1.14. The summed E-state index contributed by atoms with van der Waals surface area (Å²) in [6, 6.07) is 12.9. The van der Waals surface area contributed by atoms with E-state index in [1.54, 1.807) is 24.4 Å². The summed E-state index contributed by atoms with van der Waals surface area (Å²) >= 11 is 0. The molecule has 0 saturated heterocycles. The fourth-order valence-electron chi connectivity index (χ4n) is 3.84. The highest BCUT2D eigenvalue weighted by molar-refractivity contribution is 5.88. The molecule has 2 heterocycles. The van der Waals surface area contributed by atoms with Crippen LogP contribution in [0.3, 0.4) is 0 Å². The van der Waals surface area contributed by atoms with Gasteiger partial charge in [-0.3, -0.25) is 4.79 Å². The molecule has 0 radical (unpaired) electrons. The zero-order valence-corrected chi connectivity index (χ0v) is 18.3. The second kappa shape index (κ2) is 9.20. The number of aromatic amines is 1. The van der Waals surface area contributed by atoms with Crippen LogP contribution in [0.1, 0.15) is 25.0 Å². The highest BCUT2D eigenvalue weighted by Gasteiger charge is 2.25. The maximum absolute atomic E-state index is 12.7. The lowest BCUT2D eigenvalue weighted by molar-refractivity contribution is -0.142. The van der Waals surface area contributed by atoms with Gasteiger partial charge in [0.25, 0.3) is 5.91 Å². The van der Waals surface area contributed by atoms with Crippen LogP contribution in [0.5, 0.6) is 5.75 Å². The lowest BCUT2D eigenvalue weighted by Gasteiger charge is -2.19. The van der Waals surface area contributed by atoms with E-state index in [-0.39, 0.29) is 6.42 Å². The van der Waals surface area contributed by atoms with Crippen molar-refractivity contribution in [2.75, 3.05) is 0 Å². The number of carbonyl (C=O) groups is 2. The third-order valence-corrected chi connectivity index (χ3v) is 5.58. The first kappa shape index (κ1) is 22.1. The van der Waals surface area contributed by atoms with Crippen molar-refractivity contribution in [3.8, 4) is 5.75 Å². The average molecular weight is 448 g/mol. The van der Waals surface area contributed by atoms with Gasteiger partial charge in [0.1, 0.15) is 17.4 Å². The Morgan fingerprint density at radius 3 is 2.67 bits per heavy atom. The number of ether oxygens (including phenoxy) is 1. The Morgan fingerprint density at radius 1 is 1.12 bits per heavy atom. The number of H-pyrrole nitrogens is 1. The lowest BCUT2D eigenvalue weighted by atomic mass is 10.0. The second-order valence-corrected chi connectivity index (χ2v) is 7.83. The van der Waals surface area contributed by atoms with E-state index in [0.29, 0.717) is 17.8 Å². The number of benzene rings is 2. The van der Waals surface area contributed by atoms with Crippen molar-refractivity contribution in [3.63, 3.8) is 0 Å². The molecule has 4 aromatic rings. The summed E-state index contributed by atoms with van der Waals surface area (Å²) in [5.41, 5.74) is 2.47. The van der Waals surface area contributed by atoms with E-state index in [1.165, 1.54) is 13.0 Å². The summed E-state index contributed by atoms with van der Waals surface area (Å²) < 4.78 is 11.0. The van der Waals surface area contributed by atoms with Crippen molar-refractivity contribution in [1.82, 2.24) is 10.3 Å². The van der Waals surface area contributed by atoms with Gasteiger partial charge in [-0.1, -0.05) is 25.1 Å². The molecule has 0 spiro atoms. The number of rotatable bonds is 8. The largest absolute Gasteiger partial charge is 0.481 e. The number of carboxylic acid groups (broad SMARTS) is 1. The number of fused-ring (bicyclic) bond motifs is 2. The Kier molecular flexibility index (Phi) is 6.17. The van der Waals surface area contributed by atoms with Crippen molar-refractivity contribution in [1.29, 1.82) is 0 Å². The van der Waals surface area contributed by atoms with Gasteiger partial charge < -0.3 is 24.6 Å². The van der Waals surface area contributed by atoms with Crippen molar-refractivity contribution in [2.24, 2.45) is 0 Å². The Labute approximate surface area is 189 Å². The van der Waals surface area contributed by atoms with Crippen LogP contribution < -0.4 is 15.7 Å². The standard InChI is InChI=1S/C25H24N2O6/c1-3-15-11-23(28)33-22-12-17(8-9-19(15)22)32-14(2)24(29)27-21(25(30)31)10-16-13-26-20-7-5-4-6-18(16)20/h4-9,11-14,21,26H,3,10H2,1-2H3,(H,27,29)(H,30,31)/t14-,21+/m1/s1. The highest BCUT2D eigenvalue weighted by Crippen LogP contribution is 2.24.